The highest BCUT2D eigenvalue weighted by molar-refractivity contribution is 7.79. The fraction of sp³-hybridized carbons (Fsp3) is 0.0727. The van der Waals surface area contributed by atoms with Gasteiger partial charge in [0.25, 0.3) is 0 Å². The second-order valence-corrected chi connectivity index (χ2v) is 25.1. The van der Waals surface area contributed by atoms with Gasteiger partial charge in [-0.2, -0.15) is 0 Å². The SMILES string of the molecule is CP(C)(=O)c1cccc(-c2cccc(-c3nc(-c4cccc(-c5cccc(P(c6ccccc6)c6ccccc6)c5)c4)nc(-c4cccc(-c5cccc(P(C)(C)=O)c5)c4)n3)c2)c1. The summed E-state index contributed by atoms with van der Waals surface area (Å²) in [5, 5.41) is 5.55. The summed E-state index contributed by atoms with van der Waals surface area (Å²) in [7, 11) is -5.71. The van der Waals surface area contributed by atoms with E-state index in [0.29, 0.717) is 17.5 Å². The van der Waals surface area contributed by atoms with E-state index in [0.717, 1.165) is 60.7 Å². The Balaban J connectivity index is 1.16. The minimum atomic E-state index is -2.46. The molecule has 1 heterocycles. The first-order chi connectivity index (χ1) is 30.5. The van der Waals surface area contributed by atoms with E-state index in [4.69, 9.17) is 15.0 Å². The molecular formula is C55H46N3O2P3. The molecule has 8 heteroatoms. The fourth-order valence-electron chi connectivity index (χ4n) is 7.74. The lowest BCUT2D eigenvalue weighted by atomic mass is 10.0. The zero-order chi connectivity index (χ0) is 43.6. The van der Waals surface area contributed by atoms with E-state index in [1.807, 2.05) is 72.8 Å². The fourth-order valence-corrected chi connectivity index (χ4v) is 11.9. The quantitative estimate of drug-likeness (QED) is 0.121. The third-order valence-electron chi connectivity index (χ3n) is 11.1. The highest BCUT2D eigenvalue weighted by Crippen LogP contribution is 2.39. The molecule has 0 saturated heterocycles. The van der Waals surface area contributed by atoms with Gasteiger partial charge in [0, 0.05) is 27.3 Å². The highest BCUT2D eigenvalue weighted by atomic mass is 31.2. The Morgan fingerprint density at radius 3 is 0.952 bits per heavy atom. The maximum atomic E-state index is 13.0. The average molecular weight is 874 g/mol. The van der Waals surface area contributed by atoms with Gasteiger partial charge in [-0.1, -0.05) is 170 Å². The minimum absolute atomic E-state index is 0.540. The van der Waals surface area contributed by atoms with E-state index in [2.05, 4.69) is 133 Å². The lowest BCUT2D eigenvalue weighted by Crippen LogP contribution is -2.20. The molecule has 0 spiro atoms. The van der Waals surface area contributed by atoms with Crippen LogP contribution in [0.3, 0.4) is 0 Å². The molecule has 0 bridgehead atoms. The van der Waals surface area contributed by atoms with E-state index >= 15 is 0 Å². The number of aromatic nitrogens is 3. The van der Waals surface area contributed by atoms with Crippen molar-refractivity contribution in [2.45, 2.75) is 0 Å². The molecule has 308 valence electrons. The van der Waals surface area contributed by atoms with Crippen molar-refractivity contribution in [2.75, 3.05) is 26.7 Å². The standard InChI is InChI=1S/C55H46N3O2P3/c1-62(2,59)51-31-15-21-43(37-51)40-18-12-24-46(34-40)54-56-53(57-55(58-54)47-25-13-19-41(35-47)44-22-16-32-52(38-44)63(3,4)60)45-23-11-17-39(33-45)42-20-14-30-50(36-42)61(48-26-7-5-8-27-48)49-28-9-6-10-29-49/h5-38H,1-4H3. The average Bonchev–Trinajstić information content (AvgIpc) is 3.32. The molecule has 0 amide bonds. The Morgan fingerprint density at radius 1 is 0.302 bits per heavy atom. The second kappa shape index (κ2) is 17.8. The predicted octanol–water partition coefficient (Wildman–Crippen LogP) is 12.1. The molecule has 5 nitrogen and oxygen atoms in total. The van der Waals surface area contributed by atoms with Gasteiger partial charge in [-0.25, -0.2) is 15.0 Å². The van der Waals surface area contributed by atoms with E-state index in [1.165, 1.54) is 15.9 Å². The summed E-state index contributed by atoms with van der Waals surface area (Å²) in [5.41, 5.74) is 8.62. The summed E-state index contributed by atoms with van der Waals surface area (Å²) >= 11 is 0. The van der Waals surface area contributed by atoms with Crippen LogP contribution in [-0.4, -0.2) is 41.6 Å². The van der Waals surface area contributed by atoms with Crippen molar-refractivity contribution in [3.05, 3.63) is 206 Å². The predicted molar refractivity (Wildman–Crippen MR) is 269 cm³/mol. The van der Waals surface area contributed by atoms with Crippen molar-refractivity contribution >= 4 is 48.7 Å². The summed E-state index contributed by atoms with van der Waals surface area (Å²) in [6.45, 7) is 7.19. The van der Waals surface area contributed by atoms with E-state index in [-0.39, 0.29) is 0 Å². The molecule has 0 N–H and O–H groups in total. The zero-order valence-electron chi connectivity index (χ0n) is 35.6. The van der Waals surface area contributed by atoms with Gasteiger partial charge in [0.05, 0.1) is 0 Å². The van der Waals surface area contributed by atoms with Gasteiger partial charge < -0.3 is 9.13 Å². The van der Waals surface area contributed by atoms with Gasteiger partial charge in [-0.05, 0) is 120 Å². The molecule has 63 heavy (non-hydrogen) atoms. The van der Waals surface area contributed by atoms with Crippen molar-refractivity contribution in [1.82, 2.24) is 15.0 Å². The summed E-state index contributed by atoms with van der Waals surface area (Å²) in [4.78, 5) is 15.5. The molecule has 9 rings (SSSR count). The molecule has 0 aliphatic carbocycles. The Kier molecular flexibility index (Phi) is 11.9. The summed E-state index contributed by atoms with van der Waals surface area (Å²) < 4.78 is 26.1. The molecule has 9 aromatic rings. The first-order valence-corrected chi connectivity index (χ1v) is 27.4. The van der Waals surface area contributed by atoms with Crippen LogP contribution in [0.5, 0.6) is 0 Å². The van der Waals surface area contributed by atoms with Gasteiger partial charge in [0.15, 0.2) is 17.5 Å². The topological polar surface area (TPSA) is 72.8 Å². The molecule has 1 aromatic heterocycles. The van der Waals surface area contributed by atoms with Gasteiger partial charge in [0.1, 0.15) is 14.3 Å². The summed E-state index contributed by atoms with van der Waals surface area (Å²) in [6, 6.07) is 71.1. The number of benzene rings is 8. The monoisotopic (exact) mass is 873 g/mol. The van der Waals surface area contributed by atoms with Gasteiger partial charge in [-0.3, -0.25) is 0 Å². The summed E-state index contributed by atoms with van der Waals surface area (Å²) in [5.74, 6) is 1.64. The number of hydrogen-bond acceptors (Lipinski definition) is 5. The van der Waals surface area contributed by atoms with Crippen LogP contribution in [0.1, 0.15) is 0 Å². The smallest absolute Gasteiger partial charge is 0.164 e. The van der Waals surface area contributed by atoms with Crippen molar-refractivity contribution in [1.29, 1.82) is 0 Å². The third kappa shape index (κ3) is 9.53. The zero-order valence-corrected chi connectivity index (χ0v) is 38.3. The Morgan fingerprint density at radius 2 is 0.587 bits per heavy atom. The lowest BCUT2D eigenvalue weighted by Gasteiger charge is -2.20. The molecule has 8 aromatic carbocycles. The van der Waals surface area contributed by atoms with Crippen molar-refractivity contribution in [3.63, 3.8) is 0 Å². The van der Waals surface area contributed by atoms with E-state index in [1.54, 1.807) is 26.7 Å². The Bertz CT molecular complexity index is 3030. The van der Waals surface area contributed by atoms with E-state index in [9.17, 15) is 9.13 Å². The second-order valence-electron chi connectivity index (χ2n) is 16.4. The Hall–Kier alpha value is -6.34. The normalized spacial score (nSPS) is 11.8. The van der Waals surface area contributed by atoms with Crippen LogP contribution < -0.4 is 26.5 Å². The van der Waals surface area contributed by atoms with E-state index < -0.39 is 22.2 Å². The largest absolute Gasteiger partial charge is 0.319 e. The van der Waals surface area contributed by atoms with Crippen LogP contribution in [0.15, 0.2) is 206 Å². The first kappa shape index (κ1) is 42.0. The van der Waals surface area contributed by atoms with Crippen molar-refractivity contribution in [3.8, 4) is 67.5 Å². The van der Waals surface area contributed by atoms with Crippen LogP contribution in [0.2, 0.25) is 0 Å². The van der Waals surface area contributed by atoms with Crippen LogP contribution >= 0.6 is 22.2 Å². The summed E-state index contributed by atoms with van der Waals surface area (Å²) in [6.07, 6.45) is 0. The minimum Gasteiger partial charge on any atom is -0.319 e. The maximum Gasteiger partial charge on any atom is 0.164 e. The van der Waals surface area contributed by atoms with Crippen LogP contribution in [0.25, 0.3) is 67.5 Å². The molecule has 0 fully saturated rings. The van der Waals surface area contributed by atoms with Gasteiger partial charge in [0.2, 0.25) is 0 Å². The number of hydrogen-bond donors (Lipinski definition) is 0. The van der Waals surface area contributed by atoms with Crippen LogP contribution in [0, 0.1) is 0 Å². The maximum absolute atomic E-state index is 13.0. The van der Waals surface area contributed by atoms with Crippen molar-refractivity contribution in [2.24, 2.45) is 0 Å². The molecule has 0 atom stereocenters. The van der Waals surface area contributed by atoms with Gasteiger partial charge in [-0.15, -0.1) is 0 Å². The van der Waals surface area contributed by atoms with Gasteiger partial charge >= 0.3 is 0 Å². The molecule has 0 aliphatic rings. The molecule has 0 saturated carbocycles. The Labute approximate surface area is 371 Å². The first-order valence-electron chi connectivity index (χ1n) is 20.9. The van der Waals surface area contributed by atoms with Crippen LogP contribution in [-0.2, 0) is 9.13 Å². The number of rotatable bonds is 11. The number of nitrogens with zero attached hydrogens (tertiary/aromatic N) is 3. The molecule has 0 radical (unpaired) electrons. The third-order valence-corrected chi connectivity index (χ3v) is 16.5. The van der Waals surface area contributed by atoms with Crippen molar-refractivity contribution < 1.29 is 9.13 Å². The van der Waals surface area contributed by atoms with Crippen LogP contribution in [0.4, 0.5) is 0 Å². The lowest BCUT2D eigenvalue weighted by molar-refractivity contribution is 0.587. The molecular weight excluding hydrogens is 828 g/mol. The molecule has 0 aliphatic heterocycles. The highest BCUT2D eigenvalue weighted by Gasteiger charge is 2.19. The molecule has 0 unspecified atom stereocenters.